The Morgan fingerprint density at radius 3 is 2.81 bits per heavy atom. The van der Waals surface area contributed by atoms with Crippen molar-refractivity contribution >= 4 is 23.3 Å². The average Bonchev–Trinajstić information content (AvgIpc) is 3.17. The lowest BCUT2D eigenvalue weighted by Gasteiger charge is -2.39. The van der Waals surface area contributed by atoms with E-state index in [0.717, 1.165) is 6.07 Å². The molecule has 162 valence electrons. The summed E-state index contributed by atoms with van der Waals surface area (Å²) in [5.41, 5.74) is 3.39. The predicted molar refractivity (Wildman–Crippen MR) is 102 cm³/mol. The third kappa shape index (κ3) is 3.89. The van der Waals surface area contributed by atoms with Gasteiger partial charge in [0.25, 0.3) is 5.91 Å². The minimum atomic E-state index is -4.79. The number of carbonyl (C=O) groups excluding carboxylic acids is 2. The van der Waals surface area contributed by atoms with Crippen molar-refractivity contribution in [1.29, 1.82) is 5.26 Å². The summed E-state index contributed by atoms with van der Waals surface area (Å²) in [6.07, 6.45) is -3.53. The van der Waals surface area contributed by atoms with Crippen LogP contribution in [0.15, 0.2) is 24.4 Å². The van der Waals surface area contributed by atoms with Gasteiger partial charge in [0.1, 0.15) is 16.9 Å². The smallest absolute Gasteiger partial charge is 0.323 e. The van der Waals surface area contributed by atoms with Crippen LogP contribution < -0.4 is 10.9 Å². The number of halogens is 4. The third-order valence-electron chi connectivity index (χ3n) is 5.40. The molecule has 3 heterocycles. The molecule has 1 aromatic carbocycles. The maximum atomic E-state index is 13.5. The van der Waals surface area contributed by atoms with Crippen LogP contribution in [0.2, 0.25) is 0 Å². The second-order valence-corrected chi connectivity index (χ2v) is 7.69. The first-order valence-electron chi connectivity index (χ1n) is 9.32. The fourth-order valence-corrected chi connectivity index (χ4v) is 4.13. The molecule has 1 amide bonds. The van der Waals surface area contributed by atoms with Gasteiger partial charge in [-0.25, -0.2) is 10.4 Å². The predicted octanol–water partition coefficient (Wildman–Crippen LogP) is 1.43. The van der Waals surface area contributed by atoms with Gasteiger partial charge in [0.05, 0.1) is 29.9 Å². The van der Waals surface area contributed by atoms with Gasteiger partial charge in [0.2, 0.25) is 5.78 Å². The first-order chi connectivity index (χ1) is 14.7. The first kappa shape index (κ1) is 21.3. The first-order valence-corrected chi connectivity index (χ1v) is 9.75. The molecule has 0 bridgehead atoms. The van der Waals surface area contributed by atoms with Crippen molar-refractivity contribution in [2.24, 2.45) is 0 Å². The van der Waals surface area contributed by atoms with Crippen molar-refractivity contribution < 1.29 is 22.8 Å². The van der Waals surface area contributed by atoms with Gasteiger partial charge in [-0.05, 0) is 18.2 Å². The summed E-state index contributed by atoms with van der Waals surface area (Å²) in [5.74, 6) is -0.673. The monoisotopic (exact) mass is 452 g/mol. The molecule has 2 atom stereocenters. The fraction of sp³-hybridized carbons (Fsp3) is 0.368. The number of amides is 1. The van der Waals surface area contributed by atoms with Gasteiger partial charge in [-0.1, -0.05) is 0 Å². The molecule has 1 aromatic heterocycles. The zero-order chi connectivity index (χ0) is 22.3. The van der Waals surface area contributed by atoms with Crippen LogP contribution in [0, 0.1) is 11.3 Å². The summed E-state index contributed by atoms with van der Waals surface area (Å²) in [6.45, 7) is 1.45. The maximum Gasteiger partial charge on any atom is 0.417 e. The van der Waals surface area contributed by atoms with E-state index in [9.17, 15) is 22.8 Å². The highest BCUT2D eigenvalue weighted by atomic mass is 35.5. The van der Waals surface area contributed by atoms with E-state index in [2.05, 4.69) is 15.8 Å². The minimum Gasteiger partial charge on any atom is -0.323 e. The van der Waals surface area contributed by atoms with Gasteiger partial charge < -0.3 is 4.57 Å². The number of ketones is 1. The van der Waals surface area contributed by atoms with Crippen molar-refractivity contribution in [3.05, 3.63) is 52.6 Å². The molecule has 4 rings (SSSR count). The molecule has 0 saturated carbocycles. The second kappa shape index (κ2) is 7.96. The summed E-state index contributed by atoms with van der Waals surface area (Å²) >= 11 is 6.21. The van der Waals surface area contributed by atoms with Gasteiger partial charge in [-0.2, -0.15) is 18.4 Å². The van der Waals surface area contributed by atoms with Gasteiger partial charge in [0.15, 0.2) is 0 Å². The number of nitrogens with one attached hydrogen (secondary N) is 2. The van der Waals surface area contributed by atoms with Crippen LogP contribution in [-0.2, 0) is 24.1 Å². The number of alkyl halides is 4. The van der Waals surface area contributed by atoms with E-state index in [4.69, 9.17) is 16.9 Å². The zero-order valence-corrected chi connectivity index (χ0v) is 16.7. The van der Waals surface area contributed by atoms with Crippen LogP contribution in [-0.4, -0.2) is 50.6 Å². The lowest BCUT2D eigenvalue weighted by atomic mass is 9.99. The molecule has 2 N–H and O–H groups in total. The van der Waals surface area contributed by atoms with Gasteiger partial charge in [0, 0.05) is 31.2 Å². The Morgan fingerprint density at radius 2 is 2.10 bits per heavy atom. The summed E-state index contributed by atoms with van der Waals surface area (Å²) < 4.78 is 42.0. The number of benzene rings is 1. The molecule has 12 heteroatoms. The van der Waals surface area contributed by atoms with Gasteiger partial charge in [-0.15, -0.1) is 11.6 Å². The number of rotatable bonds is 3. The number of hydrazine groups is 1. The number of fused-ring (bicyclic) bond motifs is 1. The Balaban J connectivity index is 1.62. The summed E-state index contributed by atoms with van der Waals surface area (Å²) in [6, 6.07) is 4.23. The Morgan fingerprint density at radius 1 is 1.32 bits per heavy atom. The number of carbonyl (C=O) groups is 2. The van der Waals surface area contributed by atoms with E-state index in [1.807, 2.05) is 4.90 Å². The highest BCUT2D eigenvalue weighted by molar-refractivity contribution is 6.31. The van der Waals surface area contributed by atoms with E-state index in [-0.39, 0.29) is 29.8 Å². The van der Waals surface area contributed by atoms with Crippen molar-refractivity contribution in [2.75, 3.05) is 13.1 Å². The van der Waals surface area contributed by atoms with Crippen LogP contribution in [0.5, 0.6) is 0 Å². The van der Waals surface area contributed by atoms with Gasteiger partial charge >= 0.3 is 6.18 Å². The van der Waals surface area contributed by atoms with E-state index >= 15 is 0 Å². The number of hydrogen-bond donors (Lipinski definition) is 2. The van der Waals surface area contributed by atoms with Crippen molar-refractivity contribution in [1.82, 2.24) is 25.3 Å². The van der Waals surface area contributed by atoms with Crippen LogP contribution in [0.1, 0.15) is 33.0 Å². The third-order valence-corrected chi connectivity index (χ3v) is 5.89. The van der Waals surface area contributed by atoms with Crippen LogP contribution >= 0.6 is 11.6 Å². The SMILES string of the molecule is N#Cc1ccc(C(=O)c2cnc3n2CCN(C2CNNC(=O)C2Cl)C3)c(C(F)(F)F)c1. The highest BCUT2D eigenvalue weighted by Gasteiger charge is 2.39. The number of hydrogen-bond acceptors (Lipinski definition) is 6. The molecule has 1 fully saturated rings. The molecule has 0 radical (unpaired) electrons. The molecule has 2 aromatic rings. The molecule has 1 saturated heterocycles. The molecular weight excluding hydrogens is 437 g/mol. The quantitative estimate of drug-likeness (QED) is 0.539. The topological polar surface area (TPSA) is 103 Å². The average molecular weight is 453 g/mol. The zero-order valence-electron chi connectivity index (χ0n) is 15.9. The second-order valence-electron chi connectivity index (χ2n) is 7.22. The molecule has 2 aliphatic rings. The fourth-order valence-electron chi connectivity index (χ4n) is 3.83. The Hall–Kier alpha value is -2.94. The summed E-state index contributed by atoms with van der Waals surface area (Å²) in [5, 5.41) is 8.14. The van der Waals surface area contributed by atoms with E-state index in [0.29, 0.717) is 31.5 Å². The van der Waals surface area contributed by atoms with Crippen molar-refractivity contribution in [3.63, 3.8) is 0 Å². The number of imidazole rings is 1. The van der Waals surface area contributed by atoms with E-state index in [1.165, 1.54) is 12.3 Å². The molecule has 2 aliphatic heterocycles. The lowest BCUT2D eigenvalue weighted by Crippen LogP contribution is -2.62. The largest absolute Gasteiger partial charge is 0.417 e. The molecule has 8 nitrogen and oxygen atoms in total. The van der Waals surface area contributed by atoms with E-state index in [1.54, 1.807) is 10.6 Å². The number of aromatic nitrogens is 2. The Kier molecular flexibility index (Phi) is 5.47. The molecule has 31 heavy (non-hydrogen) atoms. The number of nitrogens with zero attached hydrogens (tertiary/aromatic N) is 4. The van der Waals surface area contributed by atoms with Crippen molar-refractivity contribution in [2.45, 2.75) is 30.7 Å². The molecular formula is C19H16ClF3N6O2. The summed E-state index contributed by atoms with van der Waals surface area (Å²) in [7, 11) is 0. The maximum absolute atomic E-state index is 13.5. The van der Waals surface area contributed by atoms with E-state index < -0.39 is 28.5 Å². The Labute approximate surface area is 179 Å². The van der Waals surface area contributed by atoms with Gasteiger partial charge in [-0.3, -0.25) is 19.9 Å². The van der Waals surface area contributed by atoms with Crippen LogP contribution in [0.4, 0.5) is 13.2 Å². The van der Waals surface area contributed by atoms with Crippen LogP contribution in [0.3, 0.4) is 0 Å². The highest BCUT2D eigenvalue weighted by Crippen LogP contribution is 2.34. The van der Waals surface area contributed by atoms with Crippen molar-refractivity contribution in [3.8, 4) is 6.07 Å². The Bertz CT molecular complexity index is 1090. The minimum absolute atomic E-state index is 0.0341. The summed E-state index contributed by atoms with van der Waals surface area (Å²) in [4.78, 5) is 30.9. The molecule has 0 aliphatic carbocycles. The molecule has 2 unspecified atom stereocenters. The normalized spacial score (nSPS) is 21.8. The lowest BCUT2D eigenvalue weighted by molar-refractivity contribution is -0.138. The number of nitriles is 1. The standard InChI is InChI=1S/C19H16ClF3N6O2/c20-16-13(8-26-27-18(16)31)28-3-4-29-14(7-25-15(29)9-28)17(30)11-2-1-10(6-24)5-12(11)19(21,22)23/h1-2,5,7,13,16,26H,3-4,8-9H2,(H,27,31). The molecule has 0 spiro atoms. The van der Waals surface area contributed by atoms with Crippen LogP contribution in [0.25, 0.3) is 0 Å².